The lowest BCUT2D eigenvalue weighted by atomic mass is 9.98. The summed E-state index contributed by atoms with van der Waals surface area (Å²) in [6.07, 6.45) is 0.924. The fraction of sp³-hybridized carbons (Fsp3) is 0.0645. The van der Waals surface area contributed by atoms with Gasteiger partial charge in [0.1, 0.15) is 0 Å². The Morgan fingerprint density at radius 3 is 1.64 bits per heavy atom. The van der Waals surface area contributed by atoms with Crippen LogP contribution in [0.25, 0.3) is 5.70 Å². The fourth-order valence-electron chi connectivity index (χ4n) is 4.24. The molecule has 0 aliphatic carbocycles. The molecule has 5 nitrogen and oxygen atoms in total. The molecule has 1 atom stereocenters. The van der Waals surface area contributed by atoms with Gasteiger partial charge in [0.25, 0.3) is 0 Å². The van der Waals surface area contributed by atoms with Gasteiger partial charge in [0, 0.05) is 28.3 Å². The molecule has 4 aromatic carbocycles. The molecule has 0 radical (unpaired) electrons. The molecule has 0 aromatic heterocycles. The summed E-state index contributed by atoms with van der Waals surface area (Å²) in [5.74, 6) is -0.940. The van der Waals surface area contributed by atoms with E-state index in [1.54, 1.807) is 24.3 Å². The average Bonchev–Trinajstić information content (AvgIpc) is 3.18. The minimum atomic E-state index is -2.17. The van der Waals surface area contributed by atoms with Crippen molar-refractivity contribution in [2.24, 2.45) is 5.10 Å². The Bertz CT molecular complexity index is 1390. The number of nitrogens with zero attached hydrogens (tertiary/aromatic N) is 2. The Balaban J connectivity index is 1.66. The van der Waals surface area contributed by atoms with Crippen LogP contribution in [0.4, 0.5) is 0 Å². The normalized spacial score (nSPS) is 17.0. The molecule has 36 heavy (non-hydrogen) atoms. The van der Waals surface area contributed by atoms with Crippen LogP contribution in [-0.4, -0.2) is 33.1 Å². The predicted octanol–water partition coefficient (Wildman–Crippen LogP) is 5.33. The number of ketones is 2. The maximum Gasteiger partial charge on any atom is 0.229 e. The Labute approximate surface area is 209 Å². The monoisotopic (exact) mass is 472 g/mol. The van der Waals surface area contributed by atoms with Gasteiger partial charge in [0.2, 0.25) is 11.5 Å². The van der Waals surface area contributed by atoms with Crippen LogP contribution in [0.2, 0.25) is 0 Å². The average molecular weight is 473 g/mol. The third-order valence-electron chi connectivity index (χ3n) is 6.11. The zero-order valence-corrected chi connectivity index (χ0v) is 19.5. The predicted molar refractivity (Wildman–Crippen MR) is 140 cm³/mol. The summed E-state index contributed by atoms with van der Waals surface area (Å²) >= 11 is 0. The lowest BCUT2D eigenvalue weighted by Gasteiger charge is -2.32. The lowest BCUT2D eigenvalue weighted by molar-refractivity contribution is -0.144. The third-order valence-corrected chi connectivity index (χ3v) is 6.11. The van der Waals surface area contributed by atoms with E-state index in [1.165, 1.54) is 11.1 Å². The van der Waals surface area contributed by atoms with E-state index in [-0.39, 0.29) is 5.78 Å². The minimum Gasteiger partial charge on any atom is -0.363 e. The fourth-order valence-corrected chi connectivity index (χ4v) is 4.24. The number of Topliss-reactive ketones (excluding diaryl/α,β-unsaturated/α-hetero) is 1. The first-order valence-electron chi connectivity index (χ1n) is 11.7. The van der Waals surface area contributed by atoms with Gasteiger partial charge in [0.15, 0.2) is 5.78 Å². The quantitative estimate of drug-likeness (QED) is 0.292. The van der Waals surface area contributed by atoms with Crippen molar-refractivity contribution in [2.45, 2.75) is 12.1 Å². The van der Waals surface area contributed by atoms with Gasteiger partial charge < -0.3 is 5.11 Å². The van der Waals surface area contributed by atoms with E-state index >= 15 is 0 Å². The van der Waals surface area contributed by atoms with Crippen LogP contribution >= 0.6 is 0 Å². The molecule has 5 heteroatoms. The van der Waals surface area contributed by atoms with Gasteiger partial charge in [-0.3, -0.25) is 9.59 Å². The molecule has 0 unspecified atom stereocenters. The highest BCUT2D eigenvalue weighted by molar-refractivity contribution is 6.14. The van der Waals surface area contributed by atoms with E-state index in [4.69, 9.17) is 5.10 Å². The molecule has 0 saturated heterocycles. The van der Waals surface area contributed by atoms with Crippen molar-refractivity contribution < 1.29 is 14.7 Å². The Hall–Kier alpha value is -4.61. The van der Waals surface area contributed by atoms with Crippen LogP contribution in [0.1, 0.15) is 33.5 Å². The van der Waals surface area contributed by atoms with Gasteiger partial charge in [-0.1, -0.05) is 121 Å². The van der Waals surface area contributed by atoms with Crippen molar-refractivity contribution in [3.05, 3.63) is 150 Å². The van der Waals surface area contributed by atoms with Crippen molar-refractivity contribution in [3.8, 4) is 0 Å². The number of carbonyl (C=O) groups is 2. The van der Waals surface area contributed by atoms with E-state index in [0.29, 0.717) is 22.5 Å². The summed E-state index contributed by atoms with van der Waals surface area (Å²) in [7, 11) is 0. The van der Waals surface area contributed by atoms with E-state index in [9.17, 15) is 14.7 Å². The molecule has 4 aromatic rings. The van der Waals surface area contributed by atoms with Crippen LogP contribution in [0, 0.1) is 0 Å². The van der Waals surface area contributed by atoms with Crippen LogP contribution in [-0.2, 0) is 4.79 Å². The molecular formula is C31H24N2O3. The summed E-state index contributed by atoms with van der Waals surface area (Å²) in [6.45, 7) is 0. The van der Waals surface area contributed by atoms with E-state index in [2.05, 4.69) is 0 Å². The number of hydrazone groups is 1. The highest BCUT2D eigenvalue weighted by Crippen LogP contribution is 2.37. The van der Waals surface area contributed by atoms with Crippen LogP contribution in [0.15, 0.2) is 133 Å². The number of hydrogen-bond acceptors (Lipinski definition) is 5. The number of aliphatic hydroxyl groups is 1. The lowest BCUT2D eigenvalue weighted by Crippen LogP contribution is -2.48. The molecule has 1 heterocycles. The van der Waals surface area contributed by atoms with Crippen molar-refractivity contribution >= 4 is 23.0 Å². The molecule has 1 aliphatic rings. The second-order valence-electron chi connectivity index (χ2n) is 8.53. The van der Waals surface area contributed by atoms with E-state index < -0.39 is 17.9 Å². The van der Waals surface area contributed by atoms with E-state index in [0.717, 1.165) is 11.1 Å². The molecule has 1 N–H and O–H groups in total. The molecule has 0 saturated carbocycles. The number of benzene rings is 4. The second-order valence-corrected chi connectivity index (χ2v) is 8.53. The molecule has 5 rings (SSSR count). The maximum atomic E-state index is 13.3. The highest BCUT2D eigenvalue weighted by atomic mass is 16.3. The van der Waals surface area contributed by atoms with Crippen LogP contribution in [0.5, 0.6) is 0 Å². The summed E-state index contributed by atoms with van der Waals surface area (Å²) < 4.78 is 0. The molecule has 176 valence electrons. The minimum absolute atomic E-state index is 0.352. The summed E-state index contributed by atoms with van der Waals surface area (Å²) in [5.41, 5.74) is 1.57. The number of carbonyl (C=O) groups excluding carboxylic acids is 2. The zero-order valence-electron chi connectivity index (χ0n) is 19.5. The van der Waals surface area contributed by atoms with Gasteiger partial charge in [-0.05, 0) is 0 Å². The van der Waals surface area contributed by atoms with Gasteiger partial charge in [-0.25, -0.2) is 5.01 Å². The van der Waals surface area contributed by atoms with Gasteiger partial charge in [0.05, 0.1) is 17.8 Å². The highest BCUT2D eigenvalue weighted by Gasteiger charge is 2.50. The van der Waals surface area contributed by atoms with Crippen molar-refractivity contribution in [3.63, 3.8) is 0 Å². The molecule has 0 bridgehead atoms. The largest absolute Gasteiger partial charge is 0.363 e. The van der Waals surface area contributed by atoms with Crippen molar-refractivity contribution in [2.75, 3.05) is 0 Å². The van der Waals surface area contributed by atoms with Gasteiger partial charge in [-0.2, -0.15) is 5.10 Å². The van der Waals surface area contributed by atoms with Crippen molar-refractivity contribution in [1.29, 1.82) is 0 Å². The summed E-state index contributed by atoms with van der Waals surface area (Å²) in [4.78, 5) is 26.5. The Morgan fingerprint density at radius 2 is 1.14 bits per heavy atom. The molecule has 1 aliphatic heterocycles. The van der Waals surface area contributed by atoms with E-state index in [1.807, 2.05) is 97.1 Å². The van der Waals surface area contributed by atoms with Gasteiger partial charge in [-0.15, -0.1) is 0 Å². The molecular weight excluding hydrogens is 448 g/mol. The van der Waals surface area contributed by atoms with Crippen LogP contribution < -0.4 is 0 Å². The maximum absolute atomic E-state index is 13.3. The first-order chi connectivity index (χ1) is 17.6. The zero-order chi connectivity index (χ0) is 25.0. The number of rotatable bonds is 7. The topological polar surface area (TPSA) is 70.0 Å². The van der Waals surface area contributed by atoms with Gasteiger partial charge >= 0.3 is 0 Å². The summed E-state index contributed by atoms with van der Waals surface area (Å²) in [5, 5.41) is 18.0. The number of hydrogen-bond donors (Lipinski definition) is 1. The molecule has 0 amide bonds. The molecule has 0 spiro atoms. The standard InChI is InChI=1S/C31H24N2O3/c34-28(24-15-7-2-8-16-24)22-31(36)29(35)21-27(23-13-5-1-6-14-23)33(31)32-30(25-17-9-3-10-18-25)26-19-11-4-12-20-26/h1-21,36H,22H2/t31-/m1/s1. The second kappa shape index (κ2) is 9.94. The first kappa shape index (κ1) is 23.1. The third kappa shape index (κ3) is 4.52. The van der Waals surface area contributed by atoms with Crippen LogP contribution in [0.3, 0.4) is 0 Å². The Morgan fingerprint density at radius 1 is 0.694 bits per heavy atom. The SMILES string of the molecule is O=C(C[C@@]1(O)C(=O)C=C(c2ccccc2)N1N=C(c1ccccc1)c1ccccc1)c1ccccc1. The first-order valence-corrected chi connectivity index (χ1v) is 11.7. The smallest absolute Gasteiger partial charge is 0.229 e. The molecule has 0 fully saturated rings. The van der Waals surface area contributed by atoms with Crippen molar-refractivity contribution in [1.82, 2.24) is 5.01 Å². The Kier molecular flexibility index (Phi) is 6.39. The summed E-state index contributed by atoms with van der Waals surface area (Å²) in [6, 6.07) is 37.0.